The van der Waals surface area contributed by atoms with Gasteiger partial charge in [0.1, 0.15) is 12.3 Å². The lowest BCUT2D eigenvalue weighted by Gasteiger charge is -2.27. The van der Waals surface area contributed by atoms with E-state index in [0.29, 0.717) is 24.6 Å². The summed E-state index contributed by atoms with van der Waals surface area (Å²) < 4.78 is 31.1. The van der Waals surface area contributed by atoms with Crippen LogP contribution in [-0.2, 0) is 14.8 Å². The quantitative estimate of drug-likeness (QED) is 0.694. The first-order valence-electron chi connectivity index (χ1n) is 8.83. The SMILES string of the molecule is CCOc1ccc(N(CC(=O)N(CC)c2cccc(C)c2)S(C)(=O)=O)cc1. The maximum Gasteiger partial charge on any atom is 0.247 e. The molecular formula is C20H26N2O4S. The average Bonchev–Trinajstić information content (AvgIpc) is 2.61. The zero-order chi connectivity index (χ0) is 20.0. The summed E-state index contributed by atoms with van der Waals surface area (Å²) in [6.45, 7) is 6.39. The van der Waals surface area contributed by atoms with E-state index in [4.69, 9.17) is 4.74 Å². The van der Waals surface area contributed by atoms with E-state index in [0.717, 1.165) is 21.8 Å². The number of carbonyl (C=O) groups is 1. The fourth-order valence-corrected chi connectivity index (χ4v) is 3.63. The van der Waals surface area contributed by atoms with Crippen molar-refractivity contribution in [3.63, 3.8) is 0 Å². The number of aryl methyl sites for hydroxylation is 1. The van der Waals surface area contributed by atoms with E-state index in [-0.39, 0.29) is 12.5 Å². The summed E-state index contributed by atoms with van der Waals surface area (Å²) in [5.74, 6) is 0.360. The molecule has 0 unspecified atom stereocenters. The summed E-state index contributed by atoms with van der Waals surface area (Å²) in [4.78, 5) is 14.5. The highest BCUT2D eigenvalue weighted by Crippen LogP contribution is 2.23. The Bertz CT molecular complexity index is 879. The monoisotopic (exact) mass is 390 g/mol. The lowest BCUT2D eigenvalue weighted by atomic mass is 10.2. The number of nitrogens with zero attached hydrogens (tertiary/aromatic N) is 2. The highest BCUT2D eigenvalue weighted by atomic mass is 32.2. The van der Waals surface area contributed by atoms with Crippen LogP contribution in [0, 0.1) is 6.92 Å². The fraction of sp³-hybridized carbons (Fsp3) is 0.350. The summed E-state index contributed by atoms with van der Waals surface area (Å²) in [5.41, 5.74) is 2.21. The van der Waals surface area contributed by atoms with Crippen LogP contribution in [0.3, 0.4) is 0 Å². The summed E-state index contributed by atoms with van der Waals surface area (Å²) >= 11 is 0. The predicted octanol–water partition coefficient (Wildman–Crippen LogP) is 3.21. The first kappa shape index (κ1) is 20.8. The molecular weight excluding hydrogens is 364 g/mol. The molecule has 1 amide bonds. The molecule has 0 fully saturated rings. The van der Waals surface area contributed by atoms with Crippen molar-refractivity contribution in [3.05, 3.63) is 54.1 Å². The second kappa shape index (κ2) is 8.90. The van der Waals surface area contributed by atoms with Crippen molar-refractivity contribution in [3.8, 4) is 5.75 Å². The van der Waals surface area contributed by atoms with Crippen LogP contribution in [0.2, 0.25) is 0 Å². The van der Waals surface area contributed by atoms with E-state index < -0.39 is 10.0 Å². The third kappa shape index (κ3) is 5.47. The lowest BCUT2D eigenvalue weighted by Crippen LogP contribution is -2.42. The second-order valence-electron chi connectivity index (χ2n) is 6.17. The van der Waals surface area contributed by atoms with Gasteiger partial charge in [-0.15, -0.1) is 0 Å². The molecule has 0 N–H and O–H groups in total. The van der Waals surface area contributed by atoms with E-state index in [9.17, 15) is 13.2 Å². The number of hydrogen-bond donors (Lipinski definition) is 0. The maximum atomic E-state index is 12.9. The van der Waals surface area contributed by atoms with Crippen molar-refractivity contribution >= 4 is 27.3 Å². The van der Waals surface area contributed by atoms with Crippen LogP contribution in [0.15, 0.2) is 48.5 Å². The van der Waals surface area contributed by atoms with Gasteiger partial charge in [-0.1, -0.05) is 12.1 Å². The third-order valence-corrected chi connectivity index (χ3v) is 5.19. The predicted molar refractivity (Wildman–Crippen MR) is 109 cm³/mol. The number of carbonyl (C=O) groups excluding carboxylic acids is 1. The number of ether oxygens (including phenoxy) is 1. The molecule has 0 aromatic heterocycles. The molecule has 7 heteroatoms. The fourth-order valence-electron chi connectivity index (χ4n) is 2.78. The van der Waals surface area contributed by atoms with Gasteiger partial charge in [-0.05, 0) is 62.7 Å². The van der Waals surface area contributed by atoms with Crippen molar-refractivity contribution < 1.29 is 17.9 Å². The van der Waals surface area contributed by atoms with Gasteiger partial charge in [0.05, 0.1) is 18.6 Å². The summed E-state index contributed by atoms with van der Waals surface area (Å²) in [5, 5.41) is 0. The summed E-state index contributed by atoms with van der Waals surface area (Å²) in [7, 11) is -3.63. The van der Waals surface area contributed by atoms with Gasteiger partial charge >= 0.3 is 0 Å². The van der Waals surface area contributed by atoms with Crippen molar-refractivity contribution in [1.29, 1.82) is 0 Å². The first-order chi connectivity index (χ1) is 12.8. The van der Waals surface area contributed by atoms with Crippen LogP contribution in [-0.4, -0.2) is 40.3 Å². The molecule has 146 valence electrons. The molecule has 0 saturated heterocycles. The lowest BCUT2D eigenvalue weighted by molar-refractivity contribution is -0.117. The molecule has 0 aliphatic carbocycles. The van der Waals surface area contributed by atoms with Crippen LogP contribution in [0.1, 0.15) is 19.4 Å². The smallest absolute Gasteiger partial charge is 0.247 e. The highest BCUT2D eigenvalue weighted by Gasteiger charge is 2.24. The molecule has 0 aliphatic heterocycles. The Labute approximate surface area is 161 Å². The summed E-state index contributed by atoms with van der Waals surface area (Å²) in [6, 6.07) is 14.2. The largest absolute Gasteiger partial charge is 0.494 e. The minimum Gasteiger partial charge on any atom is -0.494 e. The van der Waals surface area contributed by atoms with E-state index in [1.54, 1.807) is 29.2 Å². The van der Waals surface area contributed by atoms with Crippen molar-refractivity contribution in [2.45, 2.75) is 20.8 Å². The number of hydrogen-bond acceptors (Lipinski definition) is 4. The number of likely N-dealkylation sites (N-methyl/N-ethyl adjacent to an activating group) is 1. The van der Waals surface area contributed by atoms with Crippen LogP contribution in [0.5, 0.6) is 5.75 Å². The average molecular weight is 391 g/mol. The van der Waals surface area contributed by atoms with Crippen molar-refractivity contribution in [2.24, 2.45) is 0 Å². The van der Waals surface area contributed by atoms with Crippen LogP contribution in [0.25, 0.3) is 0 Å². The van der Waals surface area contributed by atoms with E-state index in [1.165, 1.54) is 0 Å². The Hall–Kier alpha value is -2.54. The topological polar surface area (TPSA) is 66.9 Å². The molecule has 2 aromatic carbocycles. The van der Waals surface area contributed by atoms with Crippen molar-refractivity contribution in [1.82, 2.24) is 0 Å². The van der Waals surface area contributed by atoms with Gasteiger partial charge in [-0.2, -0.15) is 0 Å². The minimum atomic E-state index is -3.63. The molecule has 0 saturated carbocycles. The molecule has 6 nitrogen and oxygen atoms in total. The number of benzene rings is 2. The van der Waals surface area contributed by atoms with Gasteiger partial charge < -0.3 is 9.64 Å². The van der Waals surface area contributed by atoms with Gasteiger partial charge in [-0.3, -0.25) is 9.10 Å². The van der Waals surface area contributed by atoms with Gasteiger partial charge in [0.2, 0.25) is 15.9 Å². The zero-order valence-corrected chi connectivity index (χ0v) is 17.0. The number of amides is 1. The molecule has 0 radical (unpaired) electrons. The summed E-state index contributed by atoms with van der Waals surface area (Å²) in [6.07, 6.45) is 1.10. The highest BCUT2D eigenvalue weighted by molar-refractivity contribution is 7.92. The molecule has 2 aromatic rings. The zero-order valence-electron chi connectivity index (χ0n) is 16.2. The Morgan fingerprint density at radius 2 is 1.70 bits per heavy atom. The van der Waals surface area contributed by atoms with E-state index in [2.05, 4.69) is 0 Å². The Kier molecular flexibility index (Phi) is 6.85. The van der Waals surface area contributed by atoms with Crippen LogP contribution < -0.4 is 13.9 Å². The molecule has 0 bridgehead atoms. The number of rotatable bonds is 8. The van der Waals surface area contributed by atoms with Gasteiger partial charge in [-0.25, -0.2) is 8.42 Å². The number of sulfonamides is 1. The first-order valence-corrected chi connectivity index (χ1v) is 10.7. The molecule has 0 spiro atoms. The normalized spacial score (nSPS) is 11.1. The standard InChI is InChI=1S/C20H26N2O4S/c1-5-21(18-9-7-8-16(3)14-18)20(23)15-22(27(4,24)25)17-10-12-19(13-11-17)26-6-2/h7-14H,5-6,15H2,1-4H3. The molecule has 27 heavy (non-hydrogen) atoms. The van der Waals surface area contributed by atoms with Gasteiger partial charge in [0, 0.05) is 12.2 Å². The van der Waals surface area contributed by atoms with Crippen molar-refractivity contribution in [2.75, 3.05) is 35.2 Å². The number of anilines is 2. The maximum absolute atomic E-state index is 12.9. The Morgan fingerprint density at radius 1 is 1.04 bits per heavy atom. The van der Waals surface area contributed by atoms with Crippen LogP contribution >= 0.6 is 0 Å². The third-order valence-electron chi connectivity index (χ3n) is 4.05. The van der Waals surface area contributed by atoms with Crippen LogP contribution in [0.4, 0.5) is 11.4 Å². The Morgan fingerprint density at radius 3 is 2.22 bits per heavy atom. The molecule has 0 atom stereocenters. The molecule has 0 heterocycles. The Balaban J connectivity index is 2.28. The van der Waals surface area contributed by atoms with Gasteiger partial charge in [0.15, 0.2) is 0 Å². The van der Waals surface area contributed by atoms with E-state index >= 15 is 0 Å². The molecule has 2 rings (SSSR count). The van der Waals surface area contributed by atoms with Gasteiger partial charge in [0.25, 0.3) is 0 Å². The van der Waals surface area contributed by atoms with E-state index in [1.807, 2.05) is 45.0 Å². The minimum absolute atomic E-state index is 0.269. The second-order valence-corrected chi connectivity index (χ2v) is 8.08. The molecule has 0 aliphatic rings.